The van der Waals surface area contributed by atoms with Gasteiger partial charge in [-0.2, -0.15) is 5.26 Å². The van der Waals surface area contributed by atoms with Gasteiger partial charge in [-0.25, -0.2) is 0 Å². The maximum Gasteiger partial charge on any atom is 0.303 e. The van der Waals surface area contributed by atoms with Gasteiger partial charge in [0.25, 0.3) is 0 Å². The molecule has 5 heteroatoms. The molecular weight excluding hydrogens is 316 g/mol. The molecule has 0 heterocycles. The van der Waals surface area contributed by atoms with Crippen LogP contribution in [-0.4, -0.2) is 17.0 Å². The fraction of sp³-hybridized carbons (Fsp3) is 0.550. The summed E-state index contributed by atoms with van der Waals surface area (Å²) in [5.41, 5.74) is 7.15. The molecule has 0 spiro atoms. The maximum absolute atomic E-state index is 11.0. The van der Waals surface area contributed by atoms with Gasteiger partial charge in [-0.3, -0.25) is 9.59 Å². The van der Waals surface area contributed by atoms with E-state index in [-0.39, 0.29) is 17.8 Å². The van der Waals surface area contributed by atoms with Crippen molar-refractivity contribution in [1.29, 1.82) is 5.26 Å². The lowest BCUT2D eigenvalue weighted by molar-refractivity contribution is -0.136. The molecule has 0 aromatic heterocycles. The zero-order valence-corrected chi connectivity index (χ0v) is 15.7. The molecule has 1 aromatic carbocycles. The van der Waals surface area contributed by atoms with Crippen LogP contribution in [0.2, 0.25) is 0 Å². The molecule has 3 N–H and O–H groups in total. The van der Waals surface area contributed by atoms with Crippen LogP contribution in [0.3, 0.4) is 0 Å². The number of rotatable bonds is 7. The molecule has 1 atom stereocenters. The van der Waals surface area contributed by atoms with Crippen molar-refractivity contribution in [2.45, 2.75) is 59.8 Å². The highest BCUT2D eigenvalue weighted by atomic mass is 16.4. The van der Waals surface area contributed by atoms with Crippen LogP contribution in [0.1, 0.15) is 69.3 Å². The van der Waals surface area contributed by atoms with Gasteiger partial charge >= 0.3 is 5.97 Å². The van der Waals surface area contributed by atoms with Crippen molar-refractivity contribution in [2.75, 3.05) is 0 Å². The first kappa shape index (κ1) is 22.6. The molecule has 1 rings (SSSR count). The van der Waals surface area contributed by atoms with Crippen LogP contribution in [0.5, 0.6) is 0 Å². The van der Waals surface area contributed by atoms with Gasteiger partial charge in [0.2, 0.25) is 5.91 Å². The predicted molar refractivity (Wildman–Crippen MR) is 99.0 cm³/mol. The zero-order valence-electron chi connectivity index (χ0n) is 15.7. The third-order valence-corrected chi connectivity index (χ3v) is 3.75. The average molecular weight is 346 g/mol. The third kappa shape index (κ3) is 11.8. The van der Waals surface area contributed by atoms with Gasteiger partial charge in [0, 0.05) is 17.9 Å². The van der Waals surface area contributed by atoms with Gasteiger partial charge in [-0.15, -0.1) is 0 Å². The Balaban J connectivity index is 0.00000101. The Hall–Kier alpha value is -2.35. The second-order valence-corrected chi connectivity index (χ2v) is 7.27. The van der Waals surface area contributed by atoms with E-state index in [1.807, 2.05) is 12.1 Å². The minimum absolute atomic E-state index is 0.102. The van der Waals surface area contributed by atoms with E-state index in [0.717, 1.165) is 31.2 Å². The number of hydrogen-bond donors (Lipinski definition) is 2. The Morgan fingerprint density at radius 1 is 1.20 bits per heavy atom. The Morgan fingerprint density at radius 2 is 1.72 bits per heavy atom. The number of aliphatic carboxylic acids is 1. The third-order valence-electron chi connectivity index (χ3n) is 3.75. The molecule has 0 saturated heterocycles. The topological polar surface area (TPSA) is 104 Å². The summed E-state index contributed by atoms with van der Waals surface area (Å²) in [7, 11) is 0. The van der Waals surface area contributed by atoms with Crippen LogP contribution < -0.4 is 5.73 Å². The molecule has 0 radical (unpaired) electrons. The van der Waals surface area contributed by atoms with E-state index >= 15 is 0 Å². The lowest BCUT2D eigenvalue weighted by atomic mass is 9.85. The number of carboxylic acid groups (broad SMARTS) is 1. The molecular formula is C20H30N2O3. The smallest absolute Gasteiger partial charge is 0.303 e. The summed E-state index contributed by atoms with van der Waals surface area (Å²) in [6.07, 6.45) is 3.95. The highest BCUT2D eigenvalue weighted by Crippen LogP contribution is 2.25. The first-order chi connectivity index (χ1) is 11.6. The van der Waals surface area contributed by atoms with Crippen LogP contribution in [0, 0.1) is 22.7 Å². The second-order valence-electron chi connectivity index (χ2n) is 7.27. The highest BCUT2D eigenvalue weighted by molar-refractivity contribution is 5.92. The summed E-state index contributed by atoms with van der Waals surface area (Å²) in [6.45, 7) is 8.19. The number of aryl methyl sites for hydroxylation is 1. The van der Waals surface area contributed by atoms with Crippen LogP contribution in [0.4, 0.5) is 0 Å². The predicted octanol–water partition coefficient (Wildman–Crippen LogP) is 4.17. The molecule has 1 aromatic rings. The van der Waals surface area contributed by atoms with Crippen LogP contribution in [0.25, 0.3) is 0 Å². The number of hydrogen-bond acceptors (Lipinski definition) is 3. The van der Waals surface area contributed by atoms with Crippen molar-refractivity contribution < 1.29 is 14.7 Å². The zero-order chi connectivity index (χ0) is 19.5. The van der Waals surface area contributed by atoms with Crippen molar-refractivity contribution >= 4 is 11.9 Å². The second kappa shape index (κ2) is 11.2. The molecule has 5 nitrogen and oxygen atoms in total. The SMILES string of the molecule is CC(C)(C)CCC(C#N)CCc1ccc(C(N)=O)cc1.CCC(=O)O. The standard InChI is InChI=1S/C17H24N2O.C3H6O2/c1-17(2,3)11-10-14(12-18)5-4-13-6-8-15(9-7-13)16(19)20;1-2-3(4)5/h6-9,14H,4-5,10-11H2,1-3H3,(H2,19,20);2H2,1H3,(H,4,5). The summed E-state index contributed by atoms with van der Waals surface area (Å²) in [4.78, 5) is 20.4. The number of benzene rings is 1. The van der Waals surface area contributed by atoms with Crippen molar-refractivity contribution in [3.05, 3.63) is 35.4 Å². The minimum Gasteiger partial charge on any atom is -0.481 e. The van der Waals surface area contributed by atoms with Crippen LogP contribution in [0.15, 0.2) is 24.3 Å². The number of carbonyl (C=O) groups excluding carboxylic acids is 1. The fourth-order valence-corrected chi connectivity index (χ4v) is 2.06. The Morgan fingerprint density at radius 3 is 2.08 bits per heavy atom. The molecule has 0 saturated carbocycles. The van der Waals surface area contributed by atoms with Crippen molar-refractivity contribution in [1.82, 2.24) is 0 Å². The van der Waals surface area contributed by atoms with Gasteiger partial charge < -0.3 is 10.8 Å². The van der Waals surface area contributed by atoms with E-state index in [4.69, 9.17) is 10.8 Å². The van der Waals surface area contributed by atoms with Gasteiger partial charge in [0.05, 0.1) is 6.07 Å². The van der Waals surface area contributed by atoms with E-state index in [9.17, 15) is 14.9 Å². The normalized spacial score (nSPS) is 11.6. The van der Waals surface area contributed by atoms with E-state index in [2.05, 4.69) is 26.8 Å². The molecule has 0 fully saturated rings. The molecule has 25 heavy (non-hydrogen) atoms. The number of amides is 1. The summed E-state index contributed by atoms with van der Waals surface area (Å²) >= 11 is 0. The van der Waals surface area contributed by atoms with Gasteiger partial charge in [0.15, 0.2) is 0 Å². The van der Waals surface area contributed by atoms with E-state index in [0.29, 0.717) is 5.56 Å². The average Bonchev–Trinajstić information content (AvgIpc) is 2.55. The quantitative estimate of drug-likeness (QED) is 0.773. The molecule has 0 aliphatic rings. The lowest BCUT2D eigenvalue weighted by Gasteiger charge is -2.19. The largest absolute Gasteiger partial charge is 0.481 e. The molecule has 0 aliphatic heterocycles. The van der Waals surface area contributed by atoms with Crippen LogP contribution >= 0.6 is 0 Å². The molecule has 1 unspecified atom stereocenters. The first-order valence-electron chi connectivity index (χ1n) is 8.59. The monoisotopic (exact) mass is 346 g/mol. The molecule has 1 amide bonds. The van der Waals surface area contributed by atoms with E-state index in [1.54, 1.807) is 19.1 Å². The molecule has 0 bridgehead atoms. The van der Waals surface area contributed by atoms with Crippen LogP contribution in [-0.2, 0) is 11.2 Å². The van der Waals surface area contributed by atoms with E-state index in [1.165, 1.54) is 0 Å². The number of carbonyl (C=O) groups is 2. The van der Waals surface area contributed by atoms with Crippen molar-refractivity contribution in [3.8, 4) is 6.07 Å². The highest BCUT2D eigenvalue weighted by Gasteiger charge is 2.15. The minimum atomic E-state index is -0.745. The van der Waals surface area contributed by atoms with Gasteiger partial charge in [-0.1, -0.05) is 39.8 Å². The number of carboxylic acids is 1. The summed E-state index contributed by atoms with van der Waals surface area (Å²) in [6, 6.07) is 9.72. The van der Waals surface area contributed by atoms with Gasteiger partial charge in [-0.05, 0) is 48.8 Å². The Bertz CT molecular complexity index is 580. The van der Waals surface area contributed by atoms with Crippen molar-refractivity contribution in [2.24, 2.45) is 17.1 Å². The number of nitrogens with zero attached hydrogens (tertiary/aromatic N) is 1. The number of primary amides is 1. The van der Waals surface area contributed by atoms with Gasteiger partial charge in [0.1, 0.15) is 0 Å². The first-order valence-corrected chi connectivity index (χ1v) is 8.59. The summed E-state index contributed by atoms with van der Waals surface area (Å²) in [5.74, 6) is -1.05. The summed E-state index contributed by atoms with van der Waals surface area (Å²) < 4.78 is 0. The molecule has 138 valence electrons. The molecule has 0 aliphatic carbocycles. The lowest BCUT2D eigenvalue weighted by Crippen LogP contribution is -2.11. The number of nitriles is 1. The van der Waals surface area contributed by atoms with E-state index < -0.39 is 11.9 Å². The summed E-state index contributed by atoms with van der Waals surface area (Å²) in [5, 5.41) is 16.9. The Kier molecular flexibility index (Phi) is 10.2. The number of nitrogens with two attached hydrogens (primary N) is 1. The maximum atomic E-state index is 11.0. The van der Waals surface area contributed by atoms with Crippen molar-refractivity contribution in [3.63, 3.8) is 0 Å². The Labute approximate surface area is 150 Å². The fourth-order valence-electron chi connectivity index (χ4n) is 2.06.